The highest BCUT2D eigenvalue weighted by atomic mass is 15.2. The average molecular weight is 346 g/mol. The van der Waals surface area contributed by atoms with Gasteiger partial charge in [0.25, 0.3) is 0 Å². The molecule has 0 aliphatic carbocycles. The van der Waals surface area contributed by atoms with Crippen LogP contribution in [0.25, 0.3) is 0 Å². The summed E-state index contributed by atoms with van der Waals surface area (Å²) in [5.74, 6) is 2.75. The van der Waals surface area contributed by atoms with Gasteiger partial charge in [0.05, 0.1) is 0 Å². The molecule has 5 nitrogen and oxygen atoms in total. The topological polar surface area (TPSA) is 52.6 Å². The van der Waals surface area contributed by atoms with E-state index in [1.165, 1.54) is 37.7 Å². The standard InChI is InChI=1S/C20H35N5/c1-16(2)8-7-9-17(3)24-20(21-4)23-15-18-10-11-22-19(14-18)25-12-5-6-13-25/h10-11,14,16-17H,5-9,12-13,15H2,1-4H3,(H2,21,23,24). The maximum absolute atomic E-state index is 4.52. The van der Waals surface area contributed by atoms with E-state index >= 15 is 0 Å². The Kier molecular flexibility index (Phi) is 8.02. The van der Waals surface area contributed by atoms with Gasteiger partial charge < -0.3 is 15.5 Å². The Balaban J connectivity index is 1.79. The number of hydrogen-bond acceptors (Lipinski definition) is 3. The molecule has 1 aromatic heterocycles. The van der Waals surface area contributed by atoms with Crippen molar-refractivity contribution < 1.29 is 0 Å². The van der Waals surface area contributed by atoms with Gasteiger partial charge in [-0.3, -0.25) is 4.99 Å². The van der Waals surface area contributed by atoms with E-state index in [-0.39, 0.29) is 0 Å². The molecule has 140 valence electrons. The molecule has 0 spiro atoms. The number of hydrogen-bond donors (Lipinski definition) is 2. The fourth-order valence-electron chi connectivity index (χ4n) is 3.21. The van der Waals surface area contributed by atoms with Crippen LogP contribution in [0.4, 0.5) is 5.82 Å². The summed E-state index contributed by atoms with van der Waals surface area (Å²) < 4.78 is 0. The Morgan fingerprint density at radius 2 is 2.00 bits per heavy atom. The summed E-state index contributed by atoms with van der Waals surface area (Å²) in [4.78, 5) is 11.2. The van der Waals surface area contributed by atoms with E-state index in [0.29, 0.717) is 6.04 Å². The molecule has 1 saturated heterocycles. The van der Waals surface area contributed by atoms with Crippen LogP contribution in [0.1, 0.15) is 58.4 Å². The third kappa shape index (κ3) is 6.92. The van der Waals surface area contributed by atoms with Gasteiger partial charge in [0.2, 0.25) is 0 Å². The number of guanidine groups is 1. The van der Waals surface area contributed by atoms with E-state index in [1.807, 2.05) is 13.2 Å². The number of rotatable bonds is 8. The van der Waals surface area contributed by atoms with Crippen molar-refractivity contribution in [3.63, 3.8) is 0 Å². The summed E-state index contributed by atoms with van der Waals surface area (Å²) in [6.45, 7) is 9.81. The van der Waals surface area contributed by atoms with Gasteiger partial charge in [0, 0.05) is 38.9 Å². The number of nitrogens with one attached hydrogen (secondary N) is 2. The van der Waals surface area contributed by atoms with Crippen molar-refractivity contribution in [1.82, 2.24) is 15.6 Å². The molecule has 1 atom stereocenters. The van der Waals surface area contributed by atoms with Crippen LogP contribution < -0.4 is 15.5 Å². The smallest absolute Gasteiger partial charge is 0.191 e. The van der Waals surface area contributed by atoms with E-state index in [4.69, 9.17) is 0 Å². The highest BCUT2D eigenvalue weighted by molar-refractivity contribution is 5.79. The highest BCUT2D eigenvalue weighted by Gasteiger charge is 2.13. The number of aromatic nitrogens is 1. The van der Waals surface area contributed by atoms with Gasteiger partial charge in [-0.1, -0.05) is 26.7 Å². The zero-order valence-corrected chi connectivity index (χ0v) is 16.4. The van der Waals surface area contributed by atoms with Crippen molar-refractivity contribution in [2.45, 2.75) is 65.5 Å². The van der Waals surface area contributed by atoms with Gasteiger partial charge >= 0.3 is 0 Å². The van der Waals surface area contributed by atoms with Crippen LogP contribution >= 0.6 is 0 Å². The van der Waals surface area contributed by atoms with Crippen LogP contribution in [0.2, 0.25) is 0 Å². The van der Waals surface area contributed by atoms with Gasteiger partial charge in [0.15, 0.2) is 5.96 Å². The van der Waals surface area contributed by atoms with Crippen molar-refractivity contribution in [2.24, 2.45) is 10.9 Å². The van der Waals surface area contributed by atoms with Crippen LogP contribution in [-0.2, 0) is 6.54 Å². The zero-order valence-electron chi connectivity index (χ0n) is 16.4. The van der Waals surface area contributed by atoms with Gasteiger partial charge in [-0.2, -0.15) is 0 Å². The second-order valence-corrected chi connectivity index (χ2v) is 7.51. The van der Waals surface area contributed by atoms with Gasteiger partial charge in [0.1, 0.15) is 5.82 Å². The van der Waals surface area contributed by atoms with Crippen molar-refractivity contribution in [1.29, 1.82) is 0 Å². The average Bonchev–Trinajstić information content (AvgIpc) is 3.13. The van der Waals surface area contributed by atoms with E-state index in [1.54, 1.807) is 0 Å². The van der Waals surface area contributed by atoms with Crippen LogP contribution in [-0.4, -0.2) is 37.1 Å². The van der Waals surface area contributed by atoms with Crippen LogP contribution in [0.3, 0.4) is 0 Å². The first-order chi connectivity index (χ1) is 12.1. The van der Waals surface area contributed by atoms with Crippen molar-refractivity contribution in [3.05, 3.63) is 23.9 Å². The minimum atomic E-state index is 0.433. The first-order valence-electron chi connectivity index (χ1n) is 9.75. The van der Waals surface area contributed by atoms with E-state index in [0.717, 1.165) is 37.3 Å². The molecular weight excluding hydrogens is 310 g/mol. The number of anilines is 1. The zero-order chi connectivity index (χ0) is 18.1. The Hall–Kier alpha value is -1.78. The van der Waals surface area contributed by atoms with E-state index in [2.05, 4.69) is 58.4 Å². The predicted molar refractivity (Wildman–Crippen MR) is 107 cm³/mol. The van der Waals surface area contributed by atoms with Gasteiger partial charge in [-0.25, -0.2) is 4.98 Å². The van der Waals surface area contributed by atoms with Gasteiger partial charge in [-0.05, 0) is 49.8 Å². The van der Waals surface area contributed by atoms with Crippen molar-refractivity contribution in [3.8, 4) is 0 Å². The second kappa shape index (κ2) is 10.3. The SMILES string of the molecule is CN=C(NCc1ccnc(N2CCCC2)c1)NC(C)CCCC(C)C. The molecule has 0 saturated carbocycles. The quantitative estimate of drug-likeness (QED) is 0.559. The summed E-state index contributed by atoms with van der Waals surface area (Å²) in [6, 6.07) is 4.70. The molecule has 1 unspecified atom stereocenters. The maximum atomic E-state index is 4.52. The molecule has 5 heteroatoms. The molecule has 2 heterocycles. The number of aliphatic imine (C=N–C) groups is 1. The molecule has 1 fully saturated rings. The molecule has 0 amide bonds. The minimum absolute atomic E-state index is 0.433. The van der Waals surface area contributed by atoms with Gasteiger partial charge in [-0.15, -0.1) is 0 Å². The van der Waals surface area contributed by atoms with Crippen LogP contribution in [0.5, 0.6) is 0 Å². The first kappa shape index (κ1) is 19.5. The molecule has 1 aromatic rings. The van der Waals surface area contributed by atoms with E-state index in [9.17, 15) is 0 Å². The monoisotopic (exact) mass is 345 g/mol. The molecule has 0 bridgehead atoms. The highest BCUT2D eigenvalue weighted by Crippen LogP contribution is 2.18. The Bertz CT molecular complexity index is 535. The maximum Gasteiger partial charge on any atom is 0.191 e. The van der Waals surface area contributed by atoms with Crippen molar-refractivity contribution >= 4 is 11.8 Å². The molecule has 0 aromatic carbocycles. The Morgan fingerprint density at radius 1 is 1.24 bits per heavy atom. The molecule has 0 radical (unpaired) electrons. The second-order valence-electron chi connectivity index (χ2n) is 7.51. The van der Waals surface area contributed by atoms with E-state index < -0.39 is 0 Å². The van der Waals surface area contributed by atoms with Crippen LogP contribution in [0, 0.1) is 5.92 Å². The molecule has 2 N–H and O–H groups in total. The van der Waals surface area contributed by atoms with Crippen LogP contribution in [0.15, 0.2) is 23.3 Å². The number of pyridine rings is 1. The predicted octanol–water partition coefficient (Wildman–Crippen LogP) is 3.56. The lowest BCUT2D eigenvalue weighted by molar-refractivity contribution is 0.491. The molecule has 25 heavy (non-hydrogen) atoms. The lowest BCUT2D eigenvalue weighted by atomic mass is 10.0. The fraction of sp³-hybridized carbons (Fsp3) is 0.700. The summed E-state index contributed by atoms with van der Waals surface area (Å²) in [7, 11) is 1.83. The minimum Gasteiger partial charge on any atom is -0.357 e. The Labute approximate surface area is 153 Å². The summed E-state index contributed by atoms with van der Waals surface area (Å²) in [6.07, 6.45) is 8.17. The fourth-order valence-corrected chi connectivity index (χ4v) is 3.21. The Morgan fingerprint density at radius 3 is 2.68 bits per heavy atom. The largest absolute Gasteiger partial charge is 0.357 e. The summed E-state index contributed by atoms with van der Waals surface area (Å²) in [5.41, 5.74) is 1.24. The lowest BCUT2D eigenvalue weighted by Gasteiger charge is -2.19. The third-order valence-corrected chi connectivity index (χ3v) is 4.73. The summed E-state index contributed by atoms with van der Waals surface area (Å²) in [5, 5.41) is 6.92. The number of nitrogens with zero attached hydrogens (tertiary/aromatic N) is 3. The third-order valence-electron chi connectivity index (χ3n) is 4.73. The normalized spacial score (nSPS) is 16.4. The van der Waals surface area contributed by atoms with Crippen molar-refractivity contribution in [2.75, 3.05) is 25.0 Å². The molecule has 1 aliphatic rings. The molecule has 2 rings (SSSR count). The summed E-state index contributed by atoms with van der Waals surface area (Å²) >= 11 is 0. The first-order valence-corrected chi connectivity index (χ1v) is 9.75. The molecule has 1 aliphatic heterocycles. The molecular formula is C20H35N5. The lowest BCUT2D eigenvalue weighted by Crippen LogP contribution is -2.41.